The molecule has 0 saturated carbocycles. The number of nitrogens with zero attached hydrogens (tertiary/aromatic N) is 3. The smallest absolute Gasteiger partial charge is 0.164 e. The zero-order valence-corrected chi connectivity index (χ0v) is 29.6. The van der Waals surface area contributed by atoms with Crippen LogP contribution in [-0.4, -0.2) is 15.0 Å². The second kappa shape index (κ2) is 12.6. The normalized spacial score (nSPS) is 11.6. The van der Waals surface area contributed by atoms with Gasteiger partial charge in [0.2, 0.25) is 0 Å². The van der Waals surface area contributed by atoms with E-state index in [1.54, 1.807) is 0 Å². The van der Waals surface area contributed by atoms with Crippen LogP contribution < -0.4 is 0 Å². The predicted octanol–water partition coefficient (Wildman–Crippen LogP) is 13.6. The largest absolute Gasteiger partial charge is 0.455 e. The van der Waals surface area contributed by atoms with Crippen molar-refractivity contribution < 1.29 is 4.42 Å². The van der Waals surface area contributed by atoms with E-state index in [9.17, 15) is 0 Å². The van der Waals surface area contributed by atoms with Crippen LogP contribution in [-0.2, 0) is 0 Å². The average molecular weight is 702 g/mol. The summed E-state index contributed by atoms with van der Waals surface area (Å²) in [5.74, 6) is 1.86. The summed E-state index contributed by atoms with van der Waals surface area (Å²) in [5, 5.41) is 9.53. The highest BCUT2D eigenvalue weighted by Gasteiger charge is 2.17. The summed E-state index contributed by atoms with van der Waals surface area (Å²) >= 11 is 0. The van der Waals surface area contributed by atoms with Gasteiger partial charge in [0.15, 0.2) is 17.5 Å². The van der Waals surface area contributed by atoms with E-state index in [1.807, 2.05) is 18.2 Å². The standard InChI is InChI=1S/C51H31N3O/c1-2-12-32(13-3-1)35-14-10-15-36(30-35)50-52-49(34-26-24-33(25-27-34)38-21-11-22-45-44-20-8-9-23-47(44)55-48(38)45)53-51(54-50)37-28-29-43-41-18-5-4-16-39(41)40-17-6-7-19-42(40)46(43)31-37/h1-31H. The highest BCUT2D eigenvalue weighted by atomic mass is 16.3. The third-order valence-corrected chi connectivity index (χ3v) is 10.7. The molecule has 0 aliphatic carbocycles. The third-order valence-electron chi connectivity index (χ3n) is 10.7. The van der Waals surface area contributed by atoms with Crippen LogP contribution in [0.1, 0.15) is 0 Å². The number of fused-ring (bicyclic) bond motifs is 9. The van der Waals surface area contributed by atoms with E-state index in [-0.39, 0.29) is 0 Å². The molecule has 4 heteroatoms. The van der Waals surface area contributed by atoms with Crippen LogP contribution in [0.3, 0.4) is 0 Å². The van der Waals surface area contributed by atoms with E-state index < -0.39 is 0 Å². The van der Waals surface area contributed by atoms with E-state index in [4.69, 9.17) is 19.4 Å². The first-order valence-electron chi connectivity index (χ1n) is 18.5. The maximum atomic E-state index is 6.37. The van der Waals surface area contributed by atoms with Gasteiger partial charge in [-0.05, 0) is 67.2 Å². The Kier molecular flexibility index (Phi) is 7.14. The molecule has 0 saturated heterocycles. The molecule has 0 bridgehead atoms. The van der Waals surface area contributed by atoms with Crippen LogP contribution in [0.25, 0.3) is 111 Å². The molecule has 2 heterocycles. The Hall–Kier alpha value is -7.43. The van der Waals surface area contributed by atoms with E-state index in [1.165, 1.54) is 32.3 Å². The number of hydrogen-bond donors (Lipinski definition) is 0. The van der Waals surface area contributed by atoms with E-state index in [2.05, 4.69) is 170 Å². The van der Waals surface area contributed by atoms with Gasteiger partial charge in [-0.1, -0.05) is 170 Å². The molecular weight excluding hydrogens is 671 g/mol. The average Bonchev–Trinajstić information content (AvgIpc) is 3.66. The van der Waals surface area contributed by atoms with Gasteiger partial charge in [0, 0.05) is 33.0 Å². The lowest BCUT2D eigenvalue weighted by molar-refractivity contribution is 0.670. The van der Waals surface area contributed by atoms with Crippen LogP contribution in [0.4, 0.5) is 0 Å². The minimum atomic E-state index is 0.613. The second-order valence-corrected chi connectivity index (χ2v) is 14.0. The number of benzene rings is 9. The predicted molar refractivity (Wildman–Crippen MR) is 227 cm³/mol. The van der Waals surface area contributed by atoms with Crippen LogP contribution in [0, 0.1) is 0 Å². The van der Waals surface area contributed by atoms with Crippen molar-refractivity contribution in [2.24, 2.45) is 0 Å². The lowest BCUT2D eigenvalue weighted by Crippen LogP contribution is -2.00. The molecule has 55 heavy (non-hydrogen) atoms. The molecule has 0 aliphatic heterocycles. The van der Waals surface area contributed by atoms with Gasteiger partial charge in [0.05, 0.1) is 0 Å². The van der Waals surface area contributed by atoms with Crippen molar-refractivity contribution in [3.05, 3.63) is 188 Å². The minimum Gasteiger partial charge on any atom is -0.455 e. The Morgan fingerprint density at radius 1 is 0.273 bits per heavy atom. The van der Waals surface area contributed by atoms with Crippen LogP contribution >= 0.6 is 0 Å². The van der Waals surface area contributed by atoms with Crippen molar-refractivity contribution >= 4 is 54.3 Å². The highest BCUT2D eigenvalue weighted by molar-refractivity contribution is 6.25. The van der Waals surface area contributed by atoms with Crippen molar-refractivity contribution in [2.45, 2.75) is 0 Å². The first-order valence-corrected chi connectivity index (χ1v) is 18.5. The maximum Gasteiger partial charge on any atom is 0.164 e. The minimum absolute atomic E-state index is 0.613. The fourth-order valence-electron chi connectivity index (χ4n) is 8.05. The first-order chi connectivity index (χ1) is 27.2. The third kappa shape index (κ3) is 5.26. The Morgan fingerprint density at radius 2 is 0.745 bits per heavy atom. The van der Waals surface area contributed by atoms with Gasteiger partial charge in [-0.15, -0.1) is 0 Å². The lowest BCUT2D eigenvalue weighted by atomic mass is 9.93. The van der Waals surface area contributed by atoms with Crippen LogP contribution in [0.5, 0.6) is 0 Å². The summed E-state index contributed by atoms with van der Waals surface area (Å²) in [4.78, 5) is 15.5. The van der Waals surface area contributed by atoms with Crippen molar-refractivity contribution in [1.29, 1.82) is 0 Å². The molecule has 9 aromatic carbocycles. The number of aromatic nitrogens is 3. The summed E-state index contributed by atoms with van der Waals surface area (Å²) in [5.41, 5.74) is 8.90. The van der Waals surface area contributed by atoms with Crippen LogP contribution in [0.15, 0.2) is 192 Å². The zero-order valence-electron chi connectivity index (χ0n) is 29.6. The molecule has 11 rings (SSSR count). The van der Waals surface area contributed by atoms with Crippen molar-refractivity contribution in [3.63, 3.8) is 0 Å². The quantitative estimate of drug-likeness (QED) is 0.168. The fourth-order valence-corrected chi connectivity index (χ4v) is 8.05. The fraction of sp³-hybridized carbons (Fsp3) is 0. The topological polar surface area (TPSA) is 51.8 Å². The van der Waals surface area contributed by atoms with Gasteiger partial charge < -0.3 is 4.42 Å². The second-order valence-electron chi connectivity index (χ2n) is 14.0. The molecule has 4 nitrogen and oxygen atoms in total. The molecule has 11 aromatic rings. The molecule has 0 N–H and O–H groups in total. The summed E-state index contributed by atoms with van der Waals surface area (Å²) < 4.78 is 6.37. The Morgan fingerprint density at radius 3 is 1.45 bits per heavy atom. The van der Waals surface area contributed by atoms with E-state index >= 15 is 0 Å². The molecule has 0 amide bonds. The van der Waals surface area contributed by atoms with Gasteiger partial charge in [-0.3, -0.25) is 0 Å². The molecule has 256 valence electrons. The molecule has 0 atom stereocenters. The van der Waals surface area contributed by atoms with Gasteiger partial charge in [0.25, 0.3) is 0 Å². The number of furan rings is 1. The molecule has 2 aromatic heterocycles. The van der Waals surface area contributed by atoms with Gasteiger partial charge in [-0.25, -0.2) is 15.0 Å². The Balaban J connectivity index is 1.08. The summed E-state index contributed by atoms with van der Waals surface area (Å²) in [6.45, 7) is 0. The van der Waals surface area contributed by atoms with Crippen molar-refractivity contribution in [1.82, 2.24) is 15.0 Å². The first kappa shape index (κ1) is 31.1. The SMILES string of the molecule is c1ccc(-c2cccc(-c3nc(-c4ccc(-c5cccc6c5oc5ccccc56)cc4)nc(-c4ccc5c6ccccc6c6ccccc6c5c4)n3)c2)cc1. The summed E-state index contributed by atoms with van der Waals surface area (Å²) in [6, 6.07) is 65.7. The molecular formula is C51H31N3O. The summed E-state index contributed by atoms with van der Waals surface area (Å²) in [6.07, 6.45) is 0. The molecule has 0 radical (unpaired) electrons. The Bertz CT molecular complexity index is 3220. The van der Waals surface area contributed by atoms with Gasteiger partial charge in [0.1, 0.15) is 11.2 Å². The number of para-hydroxylation sites is 2. The van der Waals surface area contributed by atoms with E-state index in [0.29, 0.717) is 17.5 Å². The molecule has 0 aliphatic rings. The van der Waals surface area contributed by atoms with Crippen molar-refractivity contribution in [3.8, 4) is 56.4 Å². The van der Waals surface area contributed by atoms with Gasteiger partial charge >= 0.3 is 0 Å². The highest BCUT2D eigenvalue weighted by Crippen LogP contribution is 2.39. The Labute approximate surface area is 317 Å². The van der Waals surface area contributed by atoms with Gasteiger partial charge in [-0.2, -0.15) is 0 Å². The number of rotatable bonds is 5. The molecule has 0 spiro atoms. The monoisotopic (exact) mass is 701 g/mol. The van der Waals surface area contributed by atoms with E-state index in [0.717, 1.165) is 60.9 Å². The zero-order chi connectivity index (χ0) is 36.3. The maximum absolute atomic E-state index is 6.37. The van der Waals surface area contributed by atoms with Crippen LogP contribution in [0.2, 0.25) is 0 Å². The molecule has 0 unspecified atom stereocenters. The number of hydrogen-bond acceptors (Lipinski definition) is 4. The van der Waals surface area contributed by atoms with Crippen molar-refractivity contribution in [2.75, 3.05) is 0 Å². The molecule has 0 fully saturated rings. The lowest BCUT2D eigenvalue weighted by Gasteiger charge is -2.13. The summed E-state index contributed by atoms with van der Waals surface area (Å²) in [7, 11) is 0.